The third kappa shape index (κ3) is 4.64. The Labute approximate surface area is 196 Å². The molecule has 0 fully saturated rings. The first-order valence-electron chi connectivity index (χ1n) is 10.0. The van der Waals surface area contributed by atoms with E-state index in [1.807, 2.05) is 30.3 Å². The van der Waals surface area contributed by atoms with Crippen molar-refractivity contribution in [1.29, 1.82) is 0 Å². The molecule has 0 aliphatic carbocycles. The molecule has 4 rings (SSSR count). The van der Waals surface area contributed by atoms with Crippen LogP contribution in [0.15, 0.2) is 87.7 Å². The van der Waals surface area contributed by atoms with E-state index in [-0.39, 0.29) is 16.3 Å². The summed E-state index contributed by atoms with van der Waals surface area (Å²) in [5.74, 6) is 0.700. The van der Waals surface area contributed by atoms with Gasteiger partial charge in [0.25, 0.3) is 15.9 Å². The molecule has 0 aliphatic rings. The molecular formula is C24H22N2O5S2. The number of nitrogens with one attached hydrogen (secondary N) is 1. The van der Waals surface area contributed by atoms with Crippen molar-refractivity contribution < 1.29 is 22.4 Å². The molecule has 1 amide bonds. The van der Waals surface area contributed by atoms with Crippen molar-refractivity contribution in [3.05, 3.63) is 89.0 Å². The highest BCUT2D eigenvalue weighted by Crippen LogP contribution is 2.38. The number of methoxy groups -OCH3 is 1. The summed E-state index contributed by atoms with van der Waals surface area (Å²) in [4.78, 5) is 13.1. The van der Waals surface area contributed by atoms with Gasteiger partial charge >= 0.3 is 0 Å². The number of nitrogens with zero attached hydrogens (tertiary/aromatic N) is 1. The molecule has 9 heteroatoms. The first kappa shape index (κ1) is 22.6. The van der Waals surface area contributed by atoms with Crippen molar-refractivity contribution in [2.45, 2.75) is 11.4 Å². The van der Waals surface area contributed by atoms with Gasteiger partial charge in [-0.15, -0.1) is 11.3 Å². The molecule has 0 aliphatic heterocycles. The van der Waals surface area contributed by atoms with Crippen LogP contribution < -0.4 is 14.4 Å². The number of anilines is 1. The molecule has 2 aromatic carbocycles. The highest BCUT2D eigenvalue weighted by molar-refractivity contribution is 7.93. The summed E-state index contributed by atoms with van der Waals surface area (Å²) in [5, 5.41) is 4.45. The molecule has 0 atom stereocenters. The summed E-state index contributed by atoms with van der Waals surface area (Å²) in [7, 11) is -1.07. The normalized spacial score (nSPS) is 11.2. The second-order valence-electron chi connectivity index (χ2n) is 7.11. The molecule has 7 nitrogen and oxygen atoms in total. The number of furan rings is 1. The lowest BCUT2D eigenvalue weighted by Gasteiger charge is -2.21. The number of amides is 1. The van der Waals surface area contributed by atoms with Gasteiger partial charge in [0.15, 0.2) is 0 Å². The minimum absolute atomic E-state index is 0.0334. The Hall–Kier alpha value is -3.56. The van der Waals surface area contributed by atoms with Gasteiger partial charge in [-0.1, -0.05) is 30.3 Å². The molecule has 0 saturated carbocycles. The molecule has 0 spiro atoms. The number of ether oxygens (including phenoxy) is 1. The van der Waals surface area contributed by atoms with Crippen molar-refractivity contribution in [2.24, 2.45) is 0 Å². The van der Waals surface area contributed by atoms with Gasteiger partial charge < -0.3 is 14.5 Å². The highest BCUT2D eigenvalue weighted by atomic mass is 32.2. The number of sulfonamides is 1. The van der Waals surface area contributed by atoms with Gasteiger partial charge in [0.1, 0.15) is 21.3 Å². The fourth-order valence-corrected chi connectivity index (χ4v) is 6.18. The lowest BCUT2D eigenvalue weighted by atomic mass is 10.1. The van der Waals surface area contributed by atoms with E-state index in [2.05, 4.69) is 5.32 Å². The number of rotatable bonds is 8. The molecule has 33 heavy (non-hydrogen) atoms. The maximum absolute atomic E-state index is 13.8. The monoisotopic (exact) mass is 482 g/mol. The topological polar surface area (TPSA) is 88.8 Å². The Balaban J connectivity index is 1.76. The molecule has 4 aromatic rings. The van der Waals surface area contributed by atoms with Gasteiger partial charge in [0.2, 0.25) is 0 Å². The molecule has 1 N–H and O–H groups in total. The lowest BCUT2D eigenvalue weighted by Crippen LogP contribution is -2.30. The first-order chi connectivity index (χ1) is 15.9. The van der Waals surface area contributed by atoms with Crippen LogP contribution in [0.1, 0.15) is 15.4 Å². The van der Waals surface area contributed by atoms with Crippen LogP contribution in [0, 0.1) is 0 Å². The molecule has 0 unspecified atom stereocenters. The van der Waals surface area contributed by atoms with Crippen molar-refractivity contribution in [2.75, 3.05) is 18.5 Å². The predicted molar refractivity (Wildman–Crippen MR) is 128 cm³/mol. The molecule has 0 saturated heterocycles. The van der Waals surface area contributed by atoms with Crippen LogP contribution in [0.4, 0.5) is 5.69 Å². The third-order valence-electron chi connectivity index (χ3n) is 5.09. The average Bonchev–Trinajstić information content (AvgIpc) is 3.53. The minimum atomic E-state index is -4.08. The van der Waals surface area contributed by atoms with Crippen LogP contribution in [0.25, 0.3) is 11.1 Å². The summed E-state index contributed by atoms with van der Waals surface area (Å²) >= 11 is 1.09. The molecule has 2 heterocycles. The number of carbonyl (C=O) groups excluding carboxylic acids is 1. The number of carbonyl (C=O) groups is 1. The van der Waals surface area contributed by atoms with E-state index in [1.54, 1.807) is 48.9 Å². The maximum Gasteiger partial charge on any atom is 0.266 e. The van der Waals surface area contributed by atoms with Crippen LogP contribution >= 0.6 is 11.3 Å². The Kier molecular flexibility index (Phi) is 6.52. The molecule has 170 valence electrons. The zero-order valence-electron chi connectivity index (χ0n) is 18.0. The van der Waals surface area contributed by atoms with E-state index in [0.717, 1.165) is 11.3 Å². The Bertz CT molecular complexity index is 1330. The van der Waals surface area contributed by atoms with Crippen molar-refractivity contribution in [1.82, 2.24) is 5.32 Å². The Morgan fingerprint density at radius 3 is 2.42 bits per heavy atom. The number of benzene rings is 2. The minimum Gasteiger partial charge on any atom is -0.497 e. The Morgan fingerprint density at radius 2 is 1.79 bits per heavy atom. The highest BCUT2D eigenvalue weighted by Gasteiger charge is 2.32. The van der Waals surface area contributed by atoms with Crippen LogP contribution in [0.3, 0.4) is 0 Å². The van der Waals surface area contributed by atoms with E-state index in [1.165, 1.54) is 17.6 Å². The SMILES string of the molecule is COc1ccc(N(C)S(=O)(=O)c2c(-c3ccccc3)csc2C(=O)NCc2ccco2)cc1. The van der Waals surface area contributed by atoms with E-state index in [4.69, 9.17) is 9.15 Å². The third-order valence-corrected chi connectivity index (χ3v) is 8.07. The molecule has 2 aromatic heterocycles. The molecular weight excluding hydrogens is 460 g/mol. The number of hydrogen-bond donors (Lipinski definition) is 1. The largest absolute Gasteiger partial charge is 0.497 e. The van der Waals surface area contributed by atoms with E-state index in [0.29, 0.717) is 28.3 Å². The summed E-state index contributed by atoms with van der Waals surface area (Å²) in [6.07, 6.45) is 1.51. The molecule has 0 bridgehead atoms. The standard InChI is InChI=1S/C24H22N2O5S2/c1-26(18-10-12-19(30-2)13-11-18)33(28,29)23-21(17-7-4-3-5-8-17)16-32-22(23)24(27)25-15-20-9-6-14-31-20/h3-14,16H,15H2,1-2H3,(H,25,27). The van der Waals surface area contributed by atoms with Gasteiger partial charge in [0, 0.05) is 18.0 Å². The summed E-state index contributed by atoms with van der Waals surface area (Å²) in [6, 6.07) is 19.3. The van der Waals surface area contributed by atoms with Crippen LogP contribution in [-0.2, 0) is 16.6 Å². The quantitative estimate of drug-likeness (QED) is 0.391. The van der Waals surface area contributed by atoms with E-state index in [9.17, 15) is 13.2 Å². The number of thiophene rings is 1. The van der Waals surface area contributed by atoms with E-state index >= 15 is 0 Å². The Morgan fingerprint density at radius 1 is 1.06 bits per heavy atom. The summed E-state index contributed by atoms with van der Waals surface area (Å²) in [6.45, 7) is 0.151. The van der Waals surface area contributed by atoms with Crippen LogP contribution in [-0.4, -0.2) is 28.5 Å². The van der Waals surface area contributed by atoms with Gasteiger partial charge in [-0.3, -0.25) is 9.10 Å². The fourth-order valence-electron chi connectivity index (χ4n) is 3.31. The van der Waals surface area contributed by atoms with Crippen molar-refractivity contribution in [3.63, 3.8) is 0 Å². The smallest absolute Gasteiger partial charge is 0.266 e. The summed E-state index contributed by atoms with van der Waals surface area (Å²) < 4.78 is 39.2. The lowest BCUT2D eigenvalue weighted by molar-refractivity contribution is 0.0949. The zero-order chi connectivity index (χ0) is 23.4. The first-order valence-corrected chi connectivity index (χ1v) is 12.3. The van der Waals surface area contributed by atoms with Crippen molar-refractivity contribution >= 4 is 33.0 Å². The van der Waals surface area contributed by atoms with Crippen molar-refractivity contribution in [3.8, 4) is 16.9 Å². The summed E-state index contributed by atoms with van der Waals surface area (Å²) in [5.41, 5.74) is 1.63. The van der Waals surface area contributed by atoms with Gasteiger partial charge in [-0.25, -0.2) is 8.42 Å². The molecule has 0 radical (unpaired) electrons. The predicted octanol–water partition coefficient (Wildman–Crippen LogP) is 4.77. The maximum atomic E-state index is 13.8. The fraction of sp³-hybridized carbons (Fsp3) is 0.125. The number of hydrogen-bond acceptors (Lipinski definition) is 6. The second-order valence-corrected chi connectivity index (χ2v) is 9.89. The van der Waals surface area contributed by atoms with Gasteiger partial charge in [0.05, 0.1) is 25.6 Å². The van der Waals surface area contributed by atoms with E-state index < -0.39 is 15.9 Å². The van der Waals surface area contributed by atoms with Crippen LogP contribution in [0.2, 0.25) is 0 Å². The average molecular weight is 483 g/mol. The van der Waals surface area contributed by atoms with Gasteiger partial charge in [-0.2, -0.15) is 0 Å². The zero-order valence-corrected chi connectivity index (χ0v) is 19.7. The second kappa shape index (κ2) is 9.51. The van der Waals surface area contributed by atoms with Gasteiger partial charge in [-0.05, 0) is 42.0 Å². The van der Waals surface area contributed by atoms with Crippen LogP contribution in [0.5, 0.6) is 5.75 Å².